The van der Waals surface area contributed by atoms with Crippen molar-refractivity contribution in [2.24, 2.45) is 0 Å². The Hall–Kier alpha value is -1.06. The van der Waals surface area contributed by atoms with Crippen molar-refractivity contribution in [3.8, 4) is 0 Å². The summed E-state index contributed by atoms with van der Waals surface area (Å²) in [4.78, 5) is 0. The molecule has 0 heterocycles. The van der Waals surface area contributed by atoms with Crippen molar-refractivity contribution in [2.75, 3.05) is 14.0 Å². The van der Waals surface area contributed by atoms with E-state index in [1.54, 1.807) is 0 Å². The summed E-state index contributed by atoms with van der Waals surface area (Å²) in [5, 5.41) is 0. The van der Waals surface area contributed by atoms with Crippen LogP contribution in [0.2, 0.25) is 0 Å². The van der Waals surface area contributed by atoms with Crippen LogP contribution in [-0.4, -0.2) is 26.0 Å². The van der Waals surface area contributed by atoms with Gasteiger partial charge in [0.05, 0.1) is 0 Å². The molecule has 0 unspecified atom stereocenters. The van der Waals surface area contributed by atoms with E-state index >= 15 is 0 Å². The van der Waals surface area contributed by atoms with Gasteiger partial charge in [-0.3, -0.25) is 0 Å². The van der Waals surface area contributed by atoms with E-state index < -0.39 is 31.0 Å². The standard InChI is InChI=1S/C4H6F4O.C3H2F4O/c1-3(5,6)4(7,8)9-2;4-1-8-3(7)2(5)6/h1-2H3;1H2. The van der Waals surface area contributed by atoms with Gasteiger partial charge in [0.2, 0.25) is 6.86 Å². The van der Waals surface area contributed by atoms with E-state index in [-0.39, 0.29) is 6.92 Å². The average molecular weight is 276 g/mol. The van der Waals surface area contributed by atoms with E-state index in [0.717, 1.165) is 0 Å². The molecule has 0 aromatic heterocycles. The van der Waals surface area contributed by atoms with Crippen molar-refractivity contribution < 1.29 is 44.6 Å². The third-order valence-electron chi connectivity index (χ3n) is 1.10. The molecule has 0 aliphatic carbocycles. The molecule has 0 saturated carbocycles. The molecule has 0 rings (SSSR count). The molecular formula is C7H8F8O2. The first-order valence-corrected chi connectivity index (χ1v) is 3.70. The molecule has 0 amide bonds. The van der Waals surface area contributed by atoms with Crippen molar-refractivity contribution in [3.63, 3.8) is 0 Å². The summed E-state index contributed by atoms with van der Waals surface area (Å²) < 4.78 is 96.6. The van der Waals surface area contributed by atoms with Gasteiger partial charge in [0.25, 0.3) is 0 Å². The highest BCUT2D eigenvalue weighted by molar-refractivity contribution is 4.79. The predicted octanol–water partition coefficient (Wildman–Crippen LogP) is 3.85. The normalized spacial score (nSPS) is 11.4. The number of methoxy groups -OCH3 is 1. The monoisotopic (exact) mass is 276 g/mol. The van der Waals surface area contributed by atoms with Gasteiger partial charge in [-0.25, -0.2) is 4.39 Å². The fourth-order valence-electron chi connectivity index (χ4n) is 0.282. The Morgan fingerprint density at radius 1 is 1.06 bits per heavy atom. The highest BCUT2D eigenvalue weighted by Crippen LogP contribution is 2.33. The molecule has 0 fully saturated rings. The average Bonchev–Trinajstić information content (AvgIpc) is 2.17. The summed E-state index contributed by atoms with van der Waals surface area (Å²) in [6.07, 6.45) is -7.00. The van der Waals surface area contributed by atoms with E-state index in [9.17, 15) is 35.1 Å². The molecule has 0 spiro atoms. The summed E-state index contributed by atoms with van der Waals surface area (Å²) in [5.74, 6) is -4.11. The van der Waals surface area contributed by atoms with Crippen molar-refractivity contribution in [3.05, 3.63) is 12.1 Å². The zero-order valence-electron chi connectivity index (χ0n) is 8.55. The van der Waals surface area contributed by atoms with Crippen LogP contribution in [0.3, 0.4) is 0 Å². The molecular weight excluding hydrogens is 268 g/mol. The van der Waals surface area contributed by atoms with Crippen molar-refractivity contribution in [1.82, 2.24) is 0 Å². The van der Waals surface area contributed by atoms with Crippen LogP contribution in [0.25, 0.3) is 0 Å². The number of rotatable bonds is 4. The SMILES string of the molecule is COC(F)(F)C(C)(F)F.FCOC(F)=C(F)F. The second kappa shape index (κ2) is 7.30. The molecule has 0 aromatic rings. The van der Waals surface area contributed by atoms with Gasteiger partial charge in [0.15, 0.2) is 0 Å². The van der Waals surface area contributed by atoms with E-state index in [4.69, 9.17) is 0 Å². The van der Waals surface area contributed by atoms with Crippen LogP contribution in [-0.2, 0) is 9.47 Å². The van der Waals surface area contributed by atoms with Crippen LogP contribution in [0, 0.1) is 0 Å². The first-order valence-electron chi connectivity index (χ1n) is 3.70. The zero-order chi connectivity index (χ0) is 14.3. The molecule has 0 saturated heterocycles. The Bertz CT molecular complexity index is 243. The first-order chi connectivity index (χ1) is 7.49. The van der Waals surface area contributed by atoms with Gasteiger partial charge in [0.1, 0.15) is 0 Å². The maximum absolute atomic E-state index is 11.7. The number of hydrogen-bond acceptors (Lipinski definition) is 2. The van der Waals surface area contributed by atoms with Crippen LogP contribution in [0.1, 0.15) is 6.92 Å². The molecule has 0 N–H and O–H groups in total. The summed E-state index contributed by atoms with van der Waals surface area (Å²) in [7, 11) is 0.525. The van der Waals surface area contributed by atoms with Crippen molar-refractivity contribution in [2.45, 2.75) is 19.0 Å². The third-order valence-corrected chi connectivity index (χ3v) is 1.10. The van der Waals surface area contributed by atoms with Gasteiger partial charge in [-0.05, 0) is 0 Å². The number of ether oxygens (including phenoxy) is 2. The molecule has 0 aliphatic heterocycles. The minimum absolute atomic E-state index is 0.0938. The van der Waals surface area contributed by atoms with Crippen molar-refractivity contribution in [1.29, 1.82) is 0 Å². The summed E-state index contributed by atoms with van der Waals surface area (Å²) in [6, 6.07) is -2.16. The molecule has 0 bridgehead atoms. The zero-order valence-corrected chi connectivity index (χ0v) is 8.55. The molecule has 10 heteroatoms. The van der Waals surface area contributed by atoms with Crippen LogP contribution in [0.15, 0.2) is 12.1 Å². The van der Waals surface area contributed by atoms with Crippen LogP contribution >= 0.6 is 0 Å². The third kappa shape index (κ3) is 7.77. The van der Waals surface area contributed by atoms with Gasteiger partial charge < -0.3 is 9.47 Å². The van der Waals surface area contributed by atoms with Crippen LogP contribution in [0.5, 0.6) is 0 Å². The first kappa shape index (κ1) is 18.3. The second-order valence-electron chi connectivity index (χ2n) is 2.40. The van der Waals surface area contributed by atoms with Crippen LogP contribution in [0.4, 0.5) is 35.1 Å². The maximum atomic E-state index is 11.7. The Kier molecular flexibility index (Phi) is 7.86. The largest absolute Gasteiger partial charge is 0.435 e. The molecule has 0 atom stereocenters. The Morgan fingerprint density at radius 3 is 1.53 bits per heavy atom. The lowest BCUT2D eigenvalue weighted by atomic mass is 10.4. The molecule has 0 aromatic carbocycles. The Balaban J connectivity index is 0. The summed E-state index contributed by atoms with van der Waals surface area (Å²) >= 11 is 0. The number of hydrogen-bond donors (Lipinski definition) is 0. The van der Waals surface area contributed by atoms with Gasteiger partial charge >= 0.3 is 24.1 Å². The lowest BCUT2D eigenvalue weighted by Crippen LogP contribution is -2.39. The van der Waals surface area contributed by atoms with Crippen molar-refractivity contribution >= 4 is 0 Å². The Morgan fingerprint density at radius 2 is 1.47 bits per heavy atom. The summed E-state index contributed by atoms with van der Waals surface area (Å²) in [5.41, 5.74) is 0. The minimum atomic E-state index is -4.35. The van der Waals surface area contributed by atoms with Gasteiger partial charge in [0, 0.05) is 14.0 Å². The molecule has 17 heavy (non-hydrogen) atoms. The van der Waals surface area contributed by atoms with E-state index in [1.165, 1.54) is 0 Å². The quantitative estimate of drug-likeness (QED) is 0.573. The fraction of sp³-hybridized carbons (Fsp3) is 0.714. The minimum Gasteiger partial charge on any atom is -0.435 e. The molecule has 2 nitrogen and oxygen atoms in total. The van der Waals surface area contributed by atoms with Crippen LogP contribution < -0.4 is 0 Å². The topological polar surface area (TPSA) is 18.5 Å². The highest BCUT2D eigenvalue weighted by Gasteiger charge is 2.52. The van der Waals surface area contributed by atoms with Gasteiger partial charge in [-0.2, -0.15) is 30.7 Å². The van der Waals surface area contributed by atoms with E-state index in [2.05, 4.69) is 9.47 Å². The maximum Gasteiger partial charge on any atom is 0.418 e. The summed E-state index contributed by atoms with van der Waals surface area (Å²) in [6.45, 7) is -1.49. The molecule has 104 valence electrons. The van der Waals surface area contributed by atoms with E-state index in [1.807, 2.05) is 0 Å². The highest BCUT2D eigenvalue weighted by atomic mass is 19.3. The smallest absolute Gasteiger partial charge is 0.418 e. The van der Waals surface area contributed by atoms with Gasteiger partial charge in [-0.1, -0.05) is 0 Å². The fourth-order valence-corrected chi connectivity index (χ4v) is 0.282. The Labute approximate surface area is 90.8 Å². The number of halogens is 8. The lowest BCUT2D eigenvalue weighted by Gasteiger charge is -2.20. The van der Waals surface area contributed by atoms with E-state index in [0.29, 0.717) is 7.11 Å². The molecule has 0 aliphatic rings. The molecule has 0 radical (unpaired) electrons. The second-order valence-corrected chi connectivity index (χ2v) is 2.40. The number of alkyl halides is 5. The lowest BCUT2D eigenvalue weighted by molar-refractivity contribution is -0.330. The van der Waals surface area contributed by atoms with Gasteiger partial charge in [-0.15, -0.1) is 0 Å². The predicted molar refractivity (Wildman–Crippen MR) is 40.0 cm³/mol.